The molecular formula is C19H22N4O3. The summed E-state index contributed by atoms with van der Waals surface area (Å²) in [4.78, 5) is 22.0. The number of aromatic amines is 1. The molecule has 0 fully saturated rings. The Balaban J connectivity index is 1.75. The number of hydrogen-bond donors (Lipinski definition) is 3. The highest BCUT2D eigenvalue weighted by molar-refractivity contribution is 6.11. The molecule has 3 N–H and O–H groups in total. The number of carbonyl (C=O) groups is 1. The van der Waals surface area contributed by atoms with Crippen molar-refractivity contribution in [3.63, 3.8) is 0 Å². The fourth-order valence-corrected chi connectivity index (χ4v) is 2.55. The summed E-state index contributed by atoms with van der Waals surface area (Å²) in [6, 6.07) is 12.6. The van der Waals surface area contributed by atoms with Crippen LogP contribution in [0.2, 0.25) is 0 Å². The Labute approximate surface area is 151 Å². The van der Waals surface area contributed by atoms with Crippen LogP contribution in [0.5, 0.6) is 5.75 Å². The van der Waals surface area contributed by atoms with Crippen molar-refractivity contribution in [3.8, 4) is 5.75 Å². The molecule has 1 aromatic heterocycles. The zero-order chi connectivity index (χ0) is 18.5. The number of amides is 1. The van der Waals surface area contributed by atoms with E-state index in [1.54, 1.807) is 24.3 Å². The summed E-state index contributed by atoms with van der Waals surface area (Å²) in [6.45, 7) is 1.17. The van der Waals surface area contributed by atoms with Crippen LogP contribution in [0, 0.1) is 0 Å². The van der Waals surface area contributed by atoms with Crippen molar-refractivity contribution < 1.29 is 14.6 Å². The van der Waals surface area contributed by atoms with E-state index in [-0.39, 0.29) is 12.5 Å². The number of anilines is 1. The van der Waals surface area contributed by atoms with Crippen molar-refractivity contribution in [1.29, 1.82) is 0 Å². The maximum atomic E-state index is 12.7. The molecular weight excluding hydrogens is 332 g/mol. The monoisotopic (exact) mass is 354 g/mol. The Kier molecular flexibility index (Phi) is 5.50. The van der Waals surface area contributed by atoms with Gasteiger partial charge < -0.3 is 25.0 Å². The number of ether oxygens (including phenoxy) is 1. The molecule has 7 heteroatoms. The number of hydrogen-bond acceptors (Lipinski definition) is 5. The highest BCUT2D eigenvalue weighted by Gasteiger charge is 2.14. The number of imidazole rings is 1. The van der Waals surface area contributed by atoms with Crippen LogP contribution in [0.15, 0.2) is 42.5 Å². The number of likely N-dealkylation sites (N-methyl/N-ethyl adjacent to an activating group) is 1. The zero-order valence-corrected chi connectivity index (χ0v) is 14.8. The molecule has 136 valence electrons. The summed E-state index contributed by atoms with van der Waals surface area (Å²) in [6.07, 6.45) is 0. The predicted octanol–water partition coefficient (Wildman–Crippen LogP) is 2.25. The van der Waals surface area contributed by atoms with Gasteiger partial charge >= 0.3 is 0 Å². The number of aliphatic hydroxyl groups is 1. The number of para-hydroxylation sites is 1. The molecule has 7 nitrogen and oxygen atoms in total. The third-order valence-electron chi connectivity index (χ3n) is 3.86. The minimum absolute atomic E-state index is 0.206. The van der Waals surface area contributed by atoms with Crippen LogP contribution >= 0.6 is 0 Å². The summed E-state index contributed by atoms with van der Waals surface area (Å²) >= 11 is 0. The summed E-state index contributed by atoms with van der Waals surface area (Å²) in [7, 11) is 3.97. The SMILES string of the molecule is CN(C)CCOc1cccc(NC(=O)c2cccc3[nH]c(CO)nc23)c1. The molecule has 0 saturated carbocycles. The van der Waals surface area contributed by atoms with Crippen molar-refractivity contribution in [3.05, 3.63) is 53.9 Å². The Morgan fingerprint density at radius 2 is 2.08 bits per heavy atom. The number of rotatable bonds is 7. The normalized spacial score (nSPS) is 11.1. The smallest absolute Gasteiger partial charge is 0.257 e. The van der Waals surface area contributed by atoms with Crippen LogP contribution in [-0.2, 0) is 6.61 Å². The van der Waals surface area contributed by atoms with Crippen LogP contribution in [0.4, 0.5) is 5.69 Å². The van der Waals surface area contributed by atoms with E-state index in [2.05, 4.69) is 15.3 Å². The molecule has 0 radical (unpaired) electrons. The summed E-state index contributed by atoms with van der Waals surface area (Å²) in [5.41, 5.74) is 2.33. The number of carbonyl (C=O) groups excluding carboxylic acids is 1. The maximum absolute atomic E-state index is 12.7. The molecule has 1 amide bonds. The van der Waals surface area contributed by atoms with E-state index < -0.39 is 0 Å². The molecule has 0 spiro atoms. The first-order valence-electron chi connectivity index (χ1n) is 8.34. The fraction of sp³-hybridized carbons (Fsp3) is 0.263. The summed E-state index contributed by atoms with van der Waals surface area (Å²) < 4.78 is 5.69. The quantitative estimate of drug-likeness (QED) is 0.605. The van der Waals surface area contributed by atoms with E-state index in [0.717, 1.165) is 6.54 Å². The number of fused-ring (bicyclic) bond motifs is 1. The first-order chi connectivity index (χ1) is 12.6. The summed E-state index contributed by atoms with van der Waals surface area (Å²) in [5, 5.41) is 12.1. The number of nitrogens with zero attached hydrogens (tertiary/aromatic N) is 2. The second-order valence-electron chi connectivity index (χ2n) is 6.18. The third-order valence-corrected chi connectivity index (χ3v) is 3.86. The van der Waals surface area contributed by atoms with Gasteiger partial charge in [-0.25, -0.2) is 4.98 Å². The largest absolute Gasteiger partial charge is 0.492 e. The molecule has 0 aliphatic heterocycles. The first-order valence-corrected chi connectivity index (χ1v) is 8.34. The van der Waals surface area contributed by atoms with Crippen molar-refractivity contribution in [2.45, 2.75) is 6.61 Å². The van der Waals surface area contributed by atoms with Gasteiger partial charge in [-0.15, -0.1) is 0 Å². The van der Waals surface area contributed by atoms with Crippen LogP contribution in [0.1, 0.15) is 16.2 Å². The minimum atomic E-state index is -0.267. The lowest BCUT2D eigenvalue weighted by atomic mass is 10.1. The van der Waals surface area contributed by atoms with E-state index >= 15 is 0 Å². The molecule has 3 aromatic rings. The van der Waals surface area contributed by atoms with E-state index in [1.807, 2.05) is 37.2 Å². The Bertz CT molecular complexity index is 905. The number of benzene rings is 2. The number of nitrogens with one attached hydrogen (secondary N) is 2. The average molecular weight is 354 g/mol. The van der Waals surface area contributed by atoms with Crippen molar-refractivity contribution in [2.24, 2.45) is 0 Å². The van der Waals surface area contributed by atoms with Gasteiger partial charge in [0.2, 0.25) is 0 Å². The van der Waals surface area contributed by atoms with E-state index in [1.165, 1.54) is 0 Å². The van der Waals surface area contributed by atoms with E-state index in [0.29, 0.717) is 40.5 Å². The first kappa shape index (κ1) is 17.9. The second-order valence-corrected chi connectivity index (χ2v) is 6.18. The maximum Gasteiger partial charge on any atom is 0.257 e. The van der Waals surface area contributed by atoms with Gasteiger partial charge in [0.15, 0.2) is 0 Å². The molecule has 1 heterocycles. The number of aliphatic hydroxyl groups excluding tert-OH is 1. The lowest BCUT2D eigenvalue weighted by molar-refractivity contribution is 0.102. The predicted molar refractivity (Wildman–Crippen MR) is 100 cm³/mol. The highest BCUT2D eigenvalue weighted by atomic mass is 16.5. The zero-order valence-electron chi connectivity index (χ0n) is 14.8. The van der Waals surface area contributed by atoms with Gasteiger partial charge in [-0.05, 0) is 38.4 Å². The Hall–Kier alpha value is -2.90. The highest BCUT2D eigenvalue weighted by Crippen LogP contribution is 2.21. The van der Waals surface area contributed by atoms with Crippen LogP contribution in [0.3, 0.4) is 0 Å². The van der Waals surface area contributed by atoms with Gasteiger partial charge in [0.05, 0.1) is 11.1 Å². The van der Waals surface area contributed by atoms with Crippen molar-refractivity contribution in [2.75, 3.05) is 32.6 Å². The summed E-state index contributed by atoms with van der Waals surface area (Å²) in [5.74, 6) is 0.860. The lowest BCUT2D eigenvalue weighted by Gasteiger charge is -2.12. The Morgan fingerprint density at radius 1 is 1.27 bits per heavy atom. The van der Waals surface area contributed by atoms with Gasteiger partial charge in [0.25, 0.3) is 5.91 Å². The van der Waals surface area contributed by atoms with Gasteiger partial charge in [-0.3, -0.25) is 4.79 Å². The molecule has 0 aliphatic rings. The molecule has 0 atom stereocenters. The second kappa shape index (κ2) is 7.99. The van der Waals surface area contributed by atoms with Crippen molar-refractivity contribution in [1.82, 2.24) is 14.9 Å². The van der Waals surface area contributed by atoms with Gasteiger partial charge in [0.1, 0.15) is 30.3 Å². The lowest BCUT2D eigenvalue weighted by Crippen LogP contribution is -2.19. The van der Waals surface area contributed by atoms with Crippen LogP contribution < -0.4 is 10.1 Å². The number of H-pyrrole nitrogens is 1. The molecule has 0 saturated heterocycles. The Morgan fingerprint density at radius 3 is 2.85 bits per heavy atom. The molecule has 3 rings (SSSR count). The molecule has 26 heavy (non-hydrogen) atoms. The van der Waals surface area contributed by atoms with Gasteiger partial charge in [-0.1, -0.05) is 12.1 Å². The molecule has 2 aromatic carbocycles. The van der Waals surface area contributed by atoms with Crippen LogP contribution in [0.25, 0.3) is 11.0 Å². The van der Waals surface area contributed by atoms with Crippen LogP contribution in [-0.4, -0.2) is 53.1 Å². The average Bonchev–Trinajstić information content (AvgIpc) is 3.05. The van der Waals surface area contributed by atoms with E-state index in [9.17, 15) is 9.90 Å². The van der Waals surface area contributed by atoms with Crippen molar-refractivity contribution >= 4 is 22.6 Å². The van der Waals surface area contributed by atoms with E-state index in [4.69, 9.17) is 4.74 Å². The number of aromatic nitrogens is 2. The minimum Gasteiger partial charge on any atom is -0.492 e. The van der Waals surface area contributed by atoms with Gasteiger partial charge in [-0.2, -0.15) is 0 Å². The molecule has 0 aliphatic carbocycles. The third kappa shape index (κ3) is 4.19. The molecule has 0 unspecified atom stereocenters. The van der Waals surface area contributed by atoms with Gasteiger partial charge in [0, 0.05) is 18.3 Å². The fourth-order valence-electron chi connectivity index (χ4n) is 2.55. The topological polar surface area (TPSA) is 90.5 Å². The standard InChI is InChI=1S/C19H22N4O3/c1-23(2)9-10-26-14-6-3-5-13(11-14)20-19(25)15-7-4-8-16-18(15)22-17(12-24)21-16/h3-8,11,24H,9-10,12H2,1-2H3,(H,20,25)(H,21,22). The molecule has 0 bridgehead atoms.